The number of phenols is 1. The first-order valence-corrected chi connectivity index (χ1v) is 7.23. The number of aryl methyl sites for hydroxylation is 1. The molecule has 0 atom stereocenters. The van der Waals surface area contributed by atoms with Crippen molar-refractivity contribution in [2.45, 2.75) is 6.92 Å². The zero-order valence-electron chi connectivity index (χ0n) is 12.4. The van der Waals surface area contributed by atoms with Crippen LogP contribution in [-0.4, -0.2) is 11.3 Å². The molecule has 22 heavy (non-hydrogen) atoms. The van der Waals surface area contributed by atoms with E-state index in [1.165, 1.54) is 0 Å². The predicted octanol–water partition coefficient (Wildman–Crippen LogP) is 5.12. The Balaban J connectivity index is 2.03. The molecule has 0 saturated carbocycles. The van der Waals surface area contributed by atoms with Crippen LogP contribution in [0.2, 0.25) is 0 Å². The summed E-state index contributed by atoms with van der Waals surface area (Å²) in [7, 11) is 0. The number of phenolic OH excluding ortho intramolecular Hbond substituents is 1. The Kier molecular flexibility index (Phi) is 4.01. The Morgan fingerprint density at radius 2 is 1.45 bits per heavy atom. The molecule has 0 fully saturated rings. The summed E-state index contributed by atoms with van der Waals surface area (Å²) in [6.07, 6.45) is 1.73. The van der Waals surface area contributed by atoms with E-state index >= 15 is 0 Å². The molecule has 0 bridgehead atoms. The van der Waals surface area contributed by atoms with Crippen molar-refractivity contribution in [2.75, 3.05) is 0 Å². The van der Waals surface area contributed by atoms with Gasteiger partial charge in [-0.25, -0.2) is 0 Å². The molecule has 0 radical (unpaired) electrons. The minimum Gasteiger partial charge on any atom is -0.507 e. The highest BCUT2D eigenvalue weighted by atomic mass is 16.3. The van der Waals surface area contributed by atoms with Gasteiger partial charge in [0.2, 0.25) is 0 Å². The van der Waals surface area contributed by atoms with Gasteiger partial charge in [-0.3, -0.25) is 4.99 Å². The van der Waals surface area contributed by atoms with Gasteiger partial charge < -0.3 is 5.11 Å². The Hall–Kier alpha value is -2.87. The van der Waals surface area contributed by atoms with Gasteiger partial charge in [0.05, 0.1) is 5.69 Å². The molecule has 0 aliphatic heterocycles. The van der Waals surface area contributed by atoms with Crippen molar-refractivity contribution >= 4 is 11.9 Å². The summed E-state index contributed by atoms with van der Waals surface area (Å²) < 4.78 is 0. The summed E-state index contributed by atoms with van der Waals surface area (Å²) in [4.78, 5) is 4.45. The lowest BCUT2D eigenvalue weighted by Crippen LogP contribution is -1.91. The van der Waals surface area contributed by atoms with Gasteiger partial charge in [0.1, 0.15) is 5.75 Å². The van der Waals surface area contributed by atoms with E-state index in [2.05, 4.69) is 4.99 Å². The fraction of sp³-hybridized carbons (Fsp3) is 0.0500. The van der Waals surface area contributed by atoms with Crippen LogP contribution < -0.4 is 0 Å². The maximum Gasteiger partial charge on any atom is 0.132 e. The molecular weight excluding hydrogens is 270 g/mol. The number of nitrogens with zero attached hydrogens (tertiary/aromatic N) is 1. The van der Waals surface area contributed by atoms with Gasteiger partial charge in [-0.15, -0.1) is 0 Å². The van der Waals surface area contributed by atoms with Gasteiger partial charge in [-0.05, 0) is 30.2 Å². The molecule has 0 aliphatic rings. The summed E-state index contributed by atoms with van der Waals surface area (Å²) >= 11 is 0. The van der Waals surface area contributed by atoms with E-state index < -0.39 is 0 Å². The summed E-state index contributed by atoms with van der Waals surface area (Å²) in [5.74, 6) is 0.269. The van der Waals surface area contributed by atoms with Crippen LogP contribution in [0, 0.1) is 6.92 Å². The topological polar surface area (TPSA) is 32.6 Å². The Morgan fingerprint density at radius 1 is 0.818 bits per heavy atom. The molecule has 0 spiro atoms. The SMILES string of the molecule is Cc1ccc(-c2ccccc2)c(O)c1C=Nc1ccccc1. The highest BCUT2D eigenvalue weighted by Crippen LogP contribution is 2.33. The number of benzene rings is 3. The summed E-state index contributed by atoms with van der Waals surface area (Å²) in [6.45, 7) is 1.97. The Bertz CT molecular complexity index is 793. The molecule has 1 N–H and O–H groups in total. The van der Waals surface area contributed by atoms with Crippen molar-refractivity contribution in [1.29, 1.82) is 0 Å². The Labute approximate surface area is 130 Å². The normalized spacial score (nSPS) is 11.0. The van der Waals surface area contributed by atoms with Gasteiger partial charge in [-0.1, -0.05) is 60.7 Å². The molecule has 0 aliphatic carbocycles. The van der Waals surface area contributed by atoms with E-state index in [1.54, 1.807) is 6.21 Å². The molecule has 3 rings (SSSR count). The van der Waals surface area contributed by atoms with Crippen molar-refractivity contribution in [3.05, 3.63) is 83.9 Å². The second-order valence-corrected chi connectivity index (χ2v) is 5.15. The van der Waals surface area contributed by atoms with Crippen molar-refractivity contribution in [3.8, 4) is 16.9 Å². The molecule has 0 heterocycles. The number of hydrogen-bond acceptors (Lipinski definition) is 2. The summed E-state index contributed by atoms with van der Waals surface area (Å²) in [5, 5.41) is 10.6. The van der Waals surface area contributed by atoms with Gasteiger partial charge in [-0.2, -0.15) is 0 Å². The first kappa shape index (κ1) is 14.1. The average Bonchev–Trinajstić information content (AvgIpc) is 2.56. The van der Waals surface area contributed by atoms with E-state index in [9.17, 15) is 5.11 Å². The number of para-hydroxylation sites is 1. The third-order valence-electron chi connectivity index (χ3n) is 3.62. The first-order valence-electron chi connectivity index (χ1n) is 7.23. The van der Waals surface area contributed by atoms with Gasteiger partial charge in [0.25, 0.3) is 0 Å². The maximum absolute atomic E-state index is 10.6. The molecule has 3 aromatic rings. The average molecular weight is 287 g/mol. The second kappa shape index (κ2) is 6.27. The second-order valence-electron chi connectivity index (χ2n) is 5.15. The molecule has 2 heteroatoms. The minimum atomic E-state index is 0.269. The van der Waals surface area contributed by atoms with Crippen LogP contribution in [-0.2, 0) is 0 Å². The number of hydrogen-bond donors (Lipinski definition) is 1. The largest absolute Gasteiger partial charge is 0.507 e. The predicted molar refractivity (Wildman–Crippen MR) is 92.0 cm³/mol. The van der Waals surface area contributed by atoms with Crippen LogP contribution in [0.15, 0.2) is 77.8 Å². The molecule has 3 aromatic carbocycles. The van der Waals surface area contributed by atoms with Gasteiger partial charge in [0.15, 0.2) is 0 Å². The third-order valence-corrected chi connectivity index (χ3v) is 3.62. The molecular formula is C20H17NO. The third kappa shape index (κ3) is 2.91. The van der Waals surface area contributed by atoms with Crippen LogP contribution in [0.1, 0.15) is 11.1 Å². The van der Waals surface area contributed by atoms with Crippen molar-refractivity contribution < 1.29 is 5.11 Å². The van der Waals surface area contributed by atoms with E-state index in [-0.39, 0.29) is 5.75 Å². The molecule has 0 saturated heterocycles. The molecule has 0 aromatic heterocycles. The highest BCUT2D eigenvalue weighted by Gasteiger charge is 2.10. The van der Waals surface area contributed by atoms with Crippen LogP contribution in [0.4, 0.5) is 5.69 Å². The van der Waals surface area contributed by atoms with E-state index in [4.69, 9.17) is 0 Å². The smallest absolute Gasteiger partial charge is 0.132 e. The minimum absolute atomic E-state index is 0.269. The van der Waals surface area contributed by atoms with Crippen molar-refractivity contribution in [1.82, 2.24) is 0 Å². The lowest BCUT2D eigenvalue weighted by Gasteiger charge is -2.10. The lowest BCUT2D eigenvalue weighted by atomic mass is 9.98. The number of aliphatic imine (C=N–C) groups is 1. The first-order chi connectivity index (χ1) is 10.8. The van der Waals surface area contributed by atoms with E-state index in [1.807, 2.05) is 79.7 Å². The van der Waals surface area contributed by atoms with Crippen molar-refractivity contribution in [2.24, 2.45) is 4.99 Å². The van der Waals surface area contributed by atoms with Gasteiger partial charge >= 0.3 is 0 Å². The van der Waals surface area contributed by atoms with Crippen LogP contribution in [0.5, 0.6) is 5.75 Å². The standard InChI is InChI=1S/C20H17NO/c1-15-12-13-18(16-8-4-2-5-9-16)20(22)19(15)14-21-17-10-6-3-7-11-17/h2-14,22H,1H3. The Morgan fingerprint density at radius 3 is 2.14 bits per heavy atom. The fourth-order valence-corrected chi connectivity index (χ4v) is 2.38. The molecule has 0 unspecified atom stereocenters. The van der Waals surface area contributed by atoms with E-state index in [0.29, 0.717) is 0 Å². The number of aromatic hydroxyl groups is 1. The zero-order valence-corrected chi connectivity index (χ0v) is 12.4. The van der Waals surface area contributed by atoms with E-state index in [0.717, 1.165) is 27.9 Å². The monoisotopic (exact) mass is 287 g/mol. The zero-order chi connectivity index (χ0) is 15.4. The van der Waals surface area contributed by atoms with Gasteiger partial charge in [0, 0.05) is 17.3 Å². The quantitative estimate of drug-likeness (QED) is 0.666. The maximum atomic E-state index is 10.6. The number of rotatable bonds is 3. The lowest BCUT2D eigenvalue weighted by molar-refractivity contribution is 0.476. The molecule has 2 nitrogen and oxygen atoms in total. The molecule has 0 amide bonds. The highest BCUT2D eigenvalue weighted by molar-refractivity contribution is 5.91. The summed E-state index contributed by atoms with van der Waals surface area (Å²) in [6, 6.07) is 23.5. The van der Waals surface area contributed by atoms with Crippen LogP contribution in [0.3, 0.4) is 0 Å². The summed E-state index contributed by atoms with van der Waals surface area (Å²) in [5.41, 5.74) is 4.43. The van der Waals surface area contributed by atoms with Crippen LogP contribution in [0.25, 0.3) is 11.1 Å². The molecule has 108 valence electrons. The fourth-order valence-electron chi connectivity index (χ4n) is 2.38. The van der Waals surface area contributed by atoms with Crippen LogP contribution >= 0.6 is 0 Å². The van der Waals surface area contributed by atoms with Crippen molar-refractivity contribution in [3.63, 3.8) is 0 Å².